The lowest BCUT2D eigenvalue weighted by Gasteiger charge is -2.31. The van der Waals surface area contributed by atoms with Crippen molar-refractivity contribution in [1.29, 1.82) is 0 Å². The molecule has 1 fully saturated rings. The van der Waals surface area contributed by atoms with Crippen LogP contribution in [0.4, 0.5) is 5.69 Å². The first-order chi connectivity index (χ1) is 9.85. The molecule has 0 aliphatic carbocycles. The van der Waals surface area contributed by atoms with E-state index in [9.17, 15) is 0 Å². The van der Waals surface area contributed by atoms with Gasteiger partial charge in [-0.25, -0.2) is 0 Å². The fourth-order valence-corrected chi connectivity index (χ4v) is 2.52. The molecule has 0 aromatic heterocycles. The predicted molar refractivity (Wildman–Crippen MR) is 84.7 cm³/mol. The maximum absolute atomic E-state index is 5.85. The molecule has 2 N–H and O–H groups in total. The van der Waals surface area contributed by atoms with Gasteiger partial charge in [-0.05, 0) is 37.6 Å². The third-order valence-electron chi connectivity index (χ3n) is 3.54. The highest BCUT2D eigenvalue weighted by Crippen LogP contribution is 2.30. The van der Waals surface area contributed by atoms with Crippen LogP contribution in [-0.4, -0.2) is 39.3 Å². The number of anilines is 1. The van der Waals surface area contributed by atoms with Crippen molar-refractivity contribution in [2.24, 2.45) is 0 Å². The maximum Gasteiger partial charge on any atom is 0.142 e. The molecule has 0 atom stereocenters. The fraction of sp³-hybridized carbons (Fsp3) is 0.625. The fourth-order valence-electron chi connectivity index (χ4n) is 2.52. The van der Waals surface area contributed by atoms with Gasteiger partial charge in [-0.1, -0.05) is 13.0 Å². The lowest BCUT2D eigenvalue weighted by Crippen LogP contribution is -2.43. The molecule has 4 nitrogen and oxygen atoms in total. The summed E-state index contributed by atoms with van der Waals surface area (Å²) in [6.07, 6.45) is 1.16. The van der Waals surface area contributed by atoms with E-state index in [1.54, 1.807) is 0 Å². The first-order valence-corrected chi connectivity index (χ1v) is 7.77. The number of nitrogens with zero attached hydrogens (tertiary/aromatic N) is 1. The zero-order chi connectivity index (χ0) is 14.2. The van der Waals surface area contributed by atoms with Crippen molar-refractivity contribution in [2.75, 3.05) is 44.2 Å². The summed E-state index contributed by atoms with van der Waals surface area (Å²) in [5.74, 6) is 1.02. The predicted octanol–water partition coefficient (Wildman–Crippen LogP) is 1.99. The van der Waals surface area contributed by atoms with Crippen molar-refractivity contribution in [3.05, 3.63) is 23.8 Å². The Labute approximate surface area is 122 Å². The van der Waals surface area contributed by atoms with Crippen LogP contribution in [0.1, 0.15) is 25.8 Å². The maximum atomic E-state index is 5.85. The minimum Gasteiger partial charge on any atom is -0.492 e. The lowest BCUT2D eigenvalue weighted by atomic mass is 10.1. The van der Waals surface area contributed by atoms with Crippen LogP contribution in [0.2, 0.25) is 0 Å². The Morgan fingerprint density at radius 3 is 2.75 bits per heavy atom. The number of nitrogens with one attached hydrogen (secondary N) is 2. The van der Waals surface area contributed by atoms with Crippen molar-refractivity contribution >= 4 is 5.69 Å². The number of rotatable bonds is 7. The van der Waals surface area contributed by atoms with E-state index in [-0.39, 0.29) is 0 Å². The van der Waals surface area contributed by atoms with Crippen LogP contribution in [0, 0.1) is 0 Å². The summed E-state index contributed by atoms with van der Waals surface area (Å²) in [4.78, 5) is 2.41. The van der Waals surface area contributed by atoms with Crippen LogP contribution in [-0.2, 0) is 6.54 Å². The Kier molecular flexibility index (Phi) is 6.15. The highest BCUT2D eigenvalue weighted by molar-refractivity contribution is 5.60. The topological polar surface area (TPSA) is 36.5 Å². The van der Waals surface area contributed by atoms with E-state index >= 15 is 0 Å². The minimum absolute atomic E-state index is 0.713. The Balaban J connectivity index is 2.09. The first kappa shape index (κ1) is 15.1. The van der Waals surface area contributed by atoms with Gasteiger partial charge in [0.1, 0.15) is 5.75 Å². The van der Waals surface area contributed by atoms with E-state index in [2.05, 4.69) is 40.7 Å². The molecular formula is C16H27N3O. The van der Waals surface area contributed by atoms with E-state index in [1.807, 2.05) is 6.92 Å². The number of hydrogen-bond acceptors (Lipinski definition) is 4. The Morgan fingerprint density at radius 2 is 2.05 bits per heavy atom. The molecule has 1 saturated heterocycles. The molecule has 0 spiro atoms. The summed E-state index contributed by atoms with van der Waals surface area (Å²) in [7, 11) is 0. The van der Waals surface area contributed by atoms with E-state index in [4.69, 9.17) is 4.74 Å². The SMILES string of the molecule is CCCNCc1ccc(N2CCNCC2)c(OCC)c1. The normalized spacial score (nSPS) is 15.4. The van der Waals surface area contributed by atoms with Crippen LogP contribution in [0.25, 0.3) is 0 Å². The second kappa shape index (κ2) is 8.12. The van der Waals surface area contributed by atoms with Gasteiger partial charge in [0.15, 0.2) is 0 Å². The molecule has 2 rings (SSSR count). The van der Waals surface area contributed by atoms with E-state index in [0.29, 0.717) is 6.61 Å². The molecule has 1 aromatic rings. The average molecular weight is 277 g/mol. The molecule has 0 saturated carbocycles. The van der Waals surface area contributed by atoms with Gasteiger partial charge in [-0.15, -0.1) is 0 Å². The van der Waals surface area contributed by atoms with E-state index < -0.39 is 0 Å². The molecule has 0 unspecified atom stereocenters. The van der Waals surface area contributed by atoms with Crippen LogP contribution < -0.4 is 20.3 Å². The molecule has 1 aliphatic rings. The van der Waals surface area contributed by atoms with Crippen molar-refractivity contribution < 1.29 is 4.74 Å². The molecule has 0 radical (unpaired) electrons. The third kappa shape index (κ3) is 4.12. The van der Waals surface area contributed by atoms with E-state index in [0.717, 1.165) is 51.4 Å². The average Bonchev–Trinajstić information content (AvgIpc) is 2.49. The van der Waals surface area contributed by atoms with Crippen molar-refractivity contribution in [1.82, 2.24) is 10.6 Å². The summed E-state index contributed by atoms with van der Waals surface area (Å²) in [5.41, 5.74) is 2.52. The second-order valence-electron chi connectivity index (χ2n) is 5.15. The molecule has 112 valence electrons. The summed E-state index contributed by atoms with van der Waals surface area (Å²) >= 11 is 0. The zero-order valence-corrected chi connectivity index (χ0v) is 12.7. The quantitative estimate of drug-likeness (QED) is 0.747. The van der Waals surface area contributed by atoms with Crippen molar-refractivity contribution in [2.45, 2.75) is 26.8 Å². The van der Waals surface area contributed by atoms with Gasteiger partial charge >= 0.3 is 0 Å². The van der Waals surface area contributed by atoms with Gasteiger partial charge in [0.25, 0.3) is 0 Å². The smallest absolute Gasteiger partial charge is 0.142 e. The molecule has 20 heavy (non-hydrogen) atoms. The first-order valence-electron chi connectivity index (χ1n) is 7.77. The Bertz CT molecular complexity index is 403. The van der Waals surface area contributed by atoms with Gasteiger partial charge in [-0.3, -0.25) is 0 Å². The Morgan fingerprint density at radius 1 is 1.25 bits per heavy atom. The molecule has 0 bridgehead atoms. The minimum atomic E-state index is 0.713. The zero-order valence-electron chi connectivity index (χ0n) is 12.7. The van der Waals surface area contributed by atoms with Crippen LogP contribution in [0.15, 0.2) is 18.2 Å². The number of piperazine rings is 1. The highest BCUT2D eigenvalue weighted by atomic mass is 16.5. The summed E-state index contributed by atoms with van der Waals surface area (Å²) in [5, 5.41) is 6.83. The molecular weight excluding hydrogens is 250 g/mol. The van der Waals surface area contributed by atoms with Gasteiger partial charge < -0.3 is 20.3 Å². The van der Waals surface area contributed by atoms with Crippen LogP contribution >= 0.6 is 0 Å². The summed E-state index contributed by atoms with van der Waals surface area (Å²) in [6.45, 7) is 11.1. The van der Waals surface area contributed by atoms with Gasteiger partial charge in [0.2, 0.25) is 0 Å². The largest absolute Gasteiger partial charge is 0.492 e. The molecule has 4 heteroatoms. The number of ether oxygens (including phenoxy) is 1. The monoisotopic (exact) mass is 277 g/mol. The van der Waals surface area contributed by atoms with Gasteiger partial charge in [0, 0.05) is 32.7 Å². The van der Waals surface area contributed by atoms with E-state index in [1.165, 1.54) is 11.3 Å². The summed E-state index contributed by atoms with van der Waals surface area (Å²) in [6, 6.07) is 6.60. The number of hydrogen-bond donors (Lipinski definition) is 2. The van der Waals surface area contributed by atoms with Crippen LogP contribution in [0.5, 0.6) is 5.75 Å². The molecule has 1 aliphatic heterocycles. The van der Waals surface area contributed by atoms with Gasteiger partial charge in [0.05, 0.1) is 12.3 Å². The number of benzene rings is 1. The Hall–Kier alpha value is -1.26. The summed E-state index contributed by atoms with van der Waals surface area (Å²) < 4.78 is 5.85. The third-order valence-corrected chi connectivity index (χ3v) is 3.54. The standard InChI is InChI=1S/C16H27N3O/c1-3-7-18-13-14-5-6-15(16(12-14)20-4-2)19-10-8-17-9-11-19/h5-6,12,17-18H,3-4,7-11,13H2,1-2H3. The second-order valence-corrected chi connectivity index (χ2v) is 5.15. The lowest BCUT2D eigenvalue weighted by molar-refractivity contribution is 0.339. The highest BCUT2D eigenvalue weighted by Gasteiger charge is 2.15. The van der Waals surface area contributed by atoms with Crippen LogP contribution in [0.3, 0.4) is 0 Å². The van der Waals surface area contributed by atoms with Crippen molar-refractivity contribution in [3.63, 3.8) is 0 Å². The van der Waals surface area contributed by atoms with Crippen molar-refractivity contribution in [3.8, 4) is 5.75 Å². The molecule has 0 amide bonds. The molecule has 1 heterocycles. The molecule has 1 aromatic carbocycles. The van der Waals surface area contributed by atoms with Gasteiger partial charge in [-0.2, -0.15) is 0 Å².